The standard InChI is InChI=1S/C14H18BrClO/c15-9-12-8-13(16)6-7-14(12)17-10-11-4-2-1-3-5-11/h6-8,11H,1-5,9-10H2. The van der Waals surface area contributed by atoms with Gasteiger partial charge < -0.3 is 4.74 Å². The average molecular weight is 318 g/mol. The molecule has 17 heavy (non-hydrogen) atoms. The fourth-order valence-corrected chi connectivity index (χ4v) is 2.99. The average Bonchev–Trinajstić information content (AvgIpc) is 2.38. The number of rotatable bonds is 4. The quantitative estimate of drug-likeness (QED) is 0.694. The third-order valence-corrected chi connectivity index (χ3v) is 4.20. The maximum atomic E-state index is 5.97. The summed E-state index contributed by atoms with van der Waals surface area (Å²) in [6, 6.07) is 5.83. The van der Waals surface area contributed by atoms with Gasteiger partial charge in [-0.3, -0.25) is 0 Å². The van der Waals surface area contributed by atoms with Crippen LogP contribution in [0.5, 0.6) is 5.75 Å². The minimum atomic E-state index is 0.739. The third-order valence-electron chi connectivity index (χ3n) is 3.37. The molecule has 1 fully saturated rings. The number of hydrogen-bond donors (Lipinski definition) is 0. The van der Waals surface area contributed by atoms with Crippen LogP contribution in [0.25, 0.3) is 0 Å². The van der Waals surface area contributed by atoms with Crippen molar-refractivity contribution in [2.75, 3.05) is 6.61 Å². The minimum Gasteiger partial charge on any atom is -0.493 e. The third kappa shape index (κ3) is 3.89. The van der Waals surface area contributed by atoms with Gasteiger partial charge in [0.1, 0.15) is 5.75 Å². The number of benzene rings is 1. The first-order valence-electron chi connectivity index (χ1n) is 6.27. The molecule has 0 atom stereocenters. The molecule has 1 aromatic carbocycles. The van der Waals surface area contributed by atoms with Crippen molar-refractivity contribution in [1.82, 2.24) is 0 Å². The molecule has 0 spiro atoms. The van der Waals surface area contributed by atoms with Crippen LogP contribution in [0.4, 0.5) is 0 Å². The van der Waals surface area contributed by atoms with Crippen LogP contribution >= 0.6 is 27.5 Å². The van der Waals surface area contributed by atoms with Crippen LogP contribution < -0.4 is 4.74 Å². The second-order valence-electron chi connectivity index (χ2n) is 4.70. The molecule has 1 aliphatic carbocycles. The van der Waals surface area contributed by atoms with Crippen molar-refractivity contribution in [2.45, 2.75) is 37.4 Å². The first-order chi connectivity index (χ1) is 8.29. The molecule has 0 unspecified atom stereocenters. The minimum absolute atomic E-state index is 0.739. The molecule has 0 radical (unpaired) electrons. The lowest BCUT2D eigenvalue weighted by atomic mass is 9.90. The largest absolute Gasteiger partial charge is 0.493 e. The lowest BCUT2D eigenvalue weighted by Crippen LogP contribution is -2.15. The van der Waals surface area contributed by atoms with Crippen molar-refractivity contribution in [3.63, 3.8) is 0 Å². The van der Waals surface area contributed by atoms with Crippen LogP contribution in [-0.4, -0.2) is 6.61 Å². The summed E-state index contributed by atoms with van der Waals surface area (Å²) in [6.07, 6.45) is 6.75. The van der Waals surface area contributed by atoms with Crippen molar-refractivity contribution < 1.29 is 4.74 Å². The highest BCUT2D eigenvalue weighted by molar-refractivity contribution is 9.08. The van der Waals surface area contributed by atoms with Gasteiger partial charge in [0.25, 0.3) is 0 Å². The smallest absolute Gasteiger partial charge is 0.123 e. The van der Waals surface area contributed by atoms with Crippen LogP contribution in [0.2, 0.25) is 5.02 Å². The molecule has 1 nitrogen and oxygen atoms in total. The molecule has 94 valence electrons. The highest BCUT2D eigenvalue weighted by Gasteiger charge is 2.14. The molecule has 0 aromatic heterocycles. The van der Waals surface area contributed by atoms with Gasteiger partial charge in [-0.2, -0.15) is 0 Å². The maximum Gasteiger partial charge on any atom is 0.123 e. The van der Waals surface area contributed by atoms with E-state index in [0.29, 0.717) is 0 Å². The van der Waals surface area contributed by atoms with Gasteiger partial charge in [-0.1, -0.05) is 46.8 Å². The van der Waals surface area contributed by atoms with E-state index in [4.69, 9.17) is 16.3 Å². The Hall–Kier alpha value is -0.210. The molecule has 1 saturated carbocycles. The second-order valence-corrected chi connectivity index (χ2v) is 5.70. The van der Waals surface area contributed by atoms with Crippen LogP contribution in [0.3, 0.4) is 0 Å². The molecule has 0 aliphatic heterocycles. The molecular weight excluding hydrogens is 300 g/mol. The predicted molar refractivity (Wildman–Crippen MR) is 76.2 cm³/mol. The van der Waals surface area contributed by atoms with Gasteiger partial charge >= 0.3 is 0 Å². The van der Waals surface area contributed by atoms with Gasteiger partial charge in [0.05, 0.1) is 6.61 Å². The van der Waals surface area contributed by atoms with Gasteiger partial charge in [-0.05, 0) is 37.0 Å². The van der Waals surface area contributed by atoms with E-state index in [1.165, 1.54) is 32.1 Å². The predicted octanol–water partition coefficient (Wildman–Crippen LogP) is 5.19. The van der Waals surface area contributed by atoms with Crippen molar-refractivity contribution in [2.24, 2.45) is 5.92 Å². The molecule has 1 aliphatic rings. The Bertz CT molecular complexity index is 361. The van der Waals surface area contributed by atoms with Crippen molar-refractivity contribution >= 4 is 27.5 Å². The highest BCUT2D eigenvalue weighted by Crippen LogP contribution is 2.28. The molecule has 3 heteroatoms. The molecule has 0 N–H and O–H groups in total. The van der Waals surface area contributed by atoms with Crippen LogP contribution in [0, 0.1) is 5.92 Å². The van der Waals surface area contributed by atoms with Crippen molar-refractivity contribution in [1.29, 1.82) is 0 Å². The summed E-state index contributed by atoms with van der Waals surface area (Å²) in [6.45, 7) is 0.849. The first-order valence-corrected chi connectivity index (χ1v) is 7.76. The van der Waals surface area contributed by atoms with E-state index in [9.17, 15) is 0 Å². The van der Waals surface area contributed by atoms with Crippen LogP contribution in [0.15, 0.2) is 18.2 Å². The Morgan fingerprint density at radius 3 is 2.71 bits per heavy atom. The molecule has 0 saturated heterocycles. The summed E-state index contributed by atoms with van der Waals surface area (Å²) < 4.78 is 5.93. The monoisotopic (exact) mass is 316 g/mol. The summed E-state index contributed by atoms with van der Waals surface area (Å²) in [5, 5.41) is 1.55. The fourth-order valence-electron chi connectivity index (χ4n) is 2.35. The number of ether oxygens (including phenoxy) is 1. The van der Waals surface area contributed by atoms with Gasteiger partial charge in [0.2, 0.25) is 0 Å². The summed E-state index contributed by atoms with van der Waals surface area (Å²) in [5.74, 6) is 1.71. The molecule has 2 rings (SSSR count). The Kier molecular flexibility index (Phi) is 5.17. The molecule has 1 aromatic rings. The fraction of sp³-hybridized carbons (Fsp3) is 0.571. The van der Waals surface area contributed by atoms with E-state index in [2.05, 4.69) is 15.9 Å². The SMILES string of the molecule is Clc1ccc(OCC2CCCCC2)c(CBr)c1. The van der Waals surface area contributed by atoms with E-state index in [1.54, 1.807) is 0 Å². The first kappa shape index (κ1) is 13.2. The van der Waals surface area contributed by atoms with Gasteiger partial charge in [-0.25, -0.2) is 0 Å². The van der Waals surface area contributed by atoms with Crippen molar-refractivity contribution in [3.8, 4) is 5.75 Å². The number of alkyl halides is 1. The number of halogens is 2. The molecule has 0 bridgehead atoms. The van der Waals surface area contributed by atoms with E-state index in [1.807, 2.05) is 18.2 Å². The van der Waals surface area contributed by atoms with Gasteiger partial charge in [-0.15, -0.1) is 0 Å². The summed E-state index contributed by atoms with van der Waals surface area (Å²) in [4.78, 5) is 0. The second kappa shape index (κ2) is 6.65. The zero-order valence-electron chi connectivity index (χ0n) is 9.92. The Morgan fingerprint density at radius 2 is 2.00 bits per heavy atom. The Balaban J connectivity index is 1.93. The van der Waals surface area contributed by atoms with E-state index < -0.39 is 0 Å². The lowest BCUT2D eigenvalue weighted by molar-refractivity contribution is 0.208. The van der Waals surface area contributed by atoms with E-state index >= 15 is 0 Å². The number of hydrogen-bond acceptors (Lipinski definition) is 1. The Labute approximate surface area is 117 Å². The van der Waals surface area contributed by atoms with E-state index in [0.717, 1.165) is 34.2 Å². The van der Waals surface area contributed by atoms with Gasteiger partial charge in [0.15, 0.2) is 0 Å². The lowest BCUT2D eigenvalue weighted by Gasteiger charge is -2.22. The normalized spacial score (nSPS) is 17.1. The zero-order valence-corrected chi connectivity index (χ0v) is 12.3. The molecular formula is C14H18BrClO. The molecule has 0 heterocycles. The van der Waals surface area contributed by atoms with E-state index in [-0.39, 0.29) is 0 Å². The summed E-state index contributed by atoms with van der Waals surface area (Å²) >= 11 is 9.44. The van der Waals surface area contributed by atoms with Gasteiger partial charge in [0, 0.05) is 15.9 Å². The van der Waals surface area contributed by atoms with Crippen molar-refractivity contribution in [3.05, 3.63) is 28.8 Å². The van der Waals surface area contributed by atoms with Crippen LogP contribution in [-0.2, 0) is 5.33 Å². The Morgan fingerprint density at radius 1 is 1.24 bits per heavy atom. The summed E-state index contributed by atoms with van der Waals surface area (Å²) in [7, 11) is 0. The van der Waals surface area contributed by atoms with Crippen LogP contribution in [0.1, 0.15) is 37.7 Å². The topological polar surface area (TPSA) is 9.23 Å². The molecule has 0 amide bonds. The maximum absolute atomic E-state index is 5.97. The summed E-state index contributed by atoms with van der Waals surface area (Å²) in [5.41, 5.74) is 1.13. The zero-order chi connectivity index (χ0) is 12.1. The highest BCUT2D eigenvalue weighted by atomic mass is 79.9.